The van der Waals surface area contributed by atoms with E-state index in [0.717, 1.165) is 22.9 Å². The molecule has 0 aliphatic carbocycles. The van der Waals surface area contributed by atoms with E-state index < -0.39 is 15.9 Å². The molecule has 42 heavy (non-hydrogen) atoms. The number of methoxy groups -OCH3 is 1. The highest BCUT2D eigenvalue weighted by Crippen LogP contribution is 2.33. The Labute approximate surface area is 243 Å². The first-order valence-electron chi connectivity index (χ1n) is 13.3. The lowest BCUT2D eigenvalue weighted by molar-refractivity contribution is -0.0199. The number of aromatic nitrogens is 2. The smallest absolute Gasteiger partial charge is 0.407 e. The van der Waals surface area contributed by atoms with E-state index >= 15 is 0 Å². The monoisotopic (exact) mass is 593 g/mol. The third-order valence-corrected chi connectivity index (χ3v) is 8.26. The number of carbonyl (C=O) groups is 1. The van der Waals surface area contributed by atoms with Crippen LogP contribution in [0.2, 0.25) is 0 Å². The van der Waals surface area contributed by atoms with E-state index in [1.165, 1.54) is 4.90 Å². The SMILES string of the molecule is COc1ccccc1-c1noc(COc2ccc(C3CCN(C(=O)O)CC3OCc3ccc(S(C)(=O)=O)cc3)cc2)n1. The van der Waals surface area contributed by atoms with E-state index in [1.54, 1.807) is 31.4 Å². The Balaban J connectivity index is 1.23. The van der Waals surface area contributed by atoms with Crippen molar-refractivity contribution in [1.29, 1.82) is 0 Å². The molecule has 0 radical (unpaired) electrons. The molecular weight excluding hydrogens is 562 g/mol. The van der Waals surface area contributed by atoms with Crippen LogP contribution in [0.1, 0.15) is 29.4 Å². The molecule has 11 nitrogen and oxygen atoms in total. The van der Waals surface area contributed by atoms with E-state index in [4.69, 9.17) is 18.7 Å². The van der Waals surface area contributed by atoms with Crippen molar-refractivity contribution in [3.05, 3.63) is 89.8 Å². The van der Waals surface area contributed by atoms with Gasteiger partial charge in [-0.15, -0.1) is 0 Å². The van der Waals surface area contributed by atoms with Gasteiger partial charge in [0.25, 0.3) is 5.89 Å². The zero-order valence-corrected chi connectivity index (χ0v) is 24.0. The Morgan fingerprint density at radius 1 is 1.05 bits per heavy atom. The Morgan fingerprint density at radius 2 is 1.79 bits per heavy atom. The summed E-state index contributed by atoms with van der Waals surface area (Å²) in [6.07, 6.45) is 0.380. The summed E-state index contributed by atoms with van der Waals surface area (Å²) in [7, 11) is -1.71. The van der Waals surface area contributed by atoms with Gasteiger partial charge in [-0.2, -0.15) is 4.98 Å². The highest BCUT2D eigenvalue weighted by Gasteiger charge is 2.33. The number of para-hydroxylation sites is 1. The second-order valence-electron chi connectivity index (χ2n) is 9.96. The van der Waals surface area contributed by atoms with Crippen LogP contribution in [0.4, 0.5) is 4.79 Å². The van der Waals surface area contributed by atoms with Gasteiger partial charge in [0.15, 0.2) is 16.4 Å². The standard InChI is InChI=1S/C30H31N3O8S/c1-38-26-6-4-3-5-25(26)29-31-28(41-32-29)19-39-22-11-9-21(10-12-22)24-15-16-33(30(34)35)17-27(24)40-18-20-7-13-23(14-8-20)42(2,36)37/h3-14,24,27H,15-19H2,1-2H3,(H,34,35). The van der Waals surface area contributed by atoms with E-state index in [1.807, 2.05) is 48.5 Å². The van der Waals surface area contributed by atoms with Crippen LogP contribution >= 0.6 is 0 Å². The van der Waals surface area contributed by atoms with Gasteiger partial charge in [0.05, 0.1) is 36.8 Å². The number of hydrogen-bond acceptors (Lipinski definition) is 9. The predicted octanol–water partition coefficient (Wildman–Crippen LogP) is 4.78. The van der Waals surface area contributed by atoms with Gasteiger partial charge in [0.1, 0.15) is 11.5 Å². The van der Waals surface area contributed by atoms with Crippen LogP contribution < -0.4 is 9.47 Å². The lowest BCUT2D eigenvalue weighted by Crippen LogP contribution is -2.46. The molecule has 1 aliphatic heterocycles. The summed E-state index contributed by atoms with van der Waals surface area (Å²) in [6, 6.07) is 21.5. The molecule has 1 saturated heterocycles. The van der Waals surface area contributed by atoms with Crippen LogP contribution in [0.25, 0.3) is 11.4 Å². The zero-order chi connectivity index (χ0) is 29.7. The molecule has 2 atom stereocenters. The van der Waals surface area contributed by atoms with Crippen molar-refractivity contribution in [2.24, 2.45) is 0 Å². The van der Waals surface area contributed by atoms with Crippen molar-refractivity contribution in [1.82, 2.24) is 15.0 Å². The zero-order valence-electron chi connectivity index (χ0n) is 23.2. The van der Waals surface area contributed by atoms with Crippen LogP contribution in [0.5, 0.6) is 11.5 Å². The van der Waals surface area contributed by atoms with Gasteiger partial charge in [0, 0.05) is 18.7 Å². The van der Waals surface area contributed by atoms with Crippen molar-refractivity contribution >= 4 is 15.9 Å². The van der Waals surface area contributed by atoms with Gasteiger partial charge in [-0.3, -0.25) is 0 Å². The summed E-state index contributed by atoms with van der Waals surface area (Å²) in [6.45, 7) is 0.932. The maximum absolute atomic E-state index is 11.7. The van der Waals surface area contributed by atoms with E-state index in [0.29, 0.717) is 36.2 Å². The lowest BCUT2D eigenvalue weighted by Gasteiger charge is -2.37. The molecule has 2 heterocycles. The Kier molecular flexibility index (Phi) is 8.74. The highest BCUT2D eigenvalue weighted by molar-refractivity contribution is 7.90. The van der Waals surface area contributed by atoms with Crippen molar-refractivity contribution in [2.75, 3.05) is 26.5 Å². The maximum Gasteiger partial charge on any atom is 0.407 e. The topological polar surface area (TPSA) is 141 Å². The molecule has 0 spiro atoms. The molecule has 4 aromatic rings. The average Bonchev–Trinajstić information content (AvgIpc) is 3.48. The number of benzene rings is 3. The first-order valence-corrected chi connectivity index (χ1v) is 15.2. The van der Waals surface area contributed by atoms with Crippen LogP contribution in [-0.4, -0.2) is 67.2 Å². The van der Waals surface area contributed by atoms with Gasteiger partial charge in [-0.1, -0.05) is 41.6 Å². The van der Waals surface area contributed by atoms with Gasteiger partial charge >= 0.3 is 6.09 Å². The van der Waals surface area contributed by atoms with Crippen LogP contribution in [0, 0.1) is 0 Å². The lowest BCUT2D eigenvalue weighted by atomic mass is 9.87. The highest BCUT2D eigenvalue weighted by atomic mass is 32.2. The molecule has 220 valence electrons. The van der Waals surface area contributed by atoms with Crippen LogP contribution in [-0.2, 0) is 27.8 Å². The number of sulfone groups is 1. The van der Waals surface area contributed by atoms with Crippen molar-refractivity contribution in [3.63, 3.8) is 0 Å². The van der Waals surface area contributed by atoms with E-state index in [9.17, 15) is 18.3 Å². The van der Waals surface area contributed by atoms with Gasteiger partial charge in [-0.25, -0.2) is 13.2 Å². The fraction of sp³-hybridized carbons (Fsp3) is 0.300. The molecule has 1 aliphatic rings. The predicted molar refractivity (Wildman–Crippen MR) is 152 cm³/mol. The third kappa shape index (κ3) is 6.89. The fourth-order valence-electron chi connectivity index (χ4n) is 4.89. The number of likely N-dealkylation sites (tertiary alicyclic amines) is 1. The number of ether oxygens (including phenoxy) is 3. The van der Waals surface area contributed by atoms with Crippen LogP contribution in [0.3, 0.4) is 0 Å². The summed E-state index contributed by atoms with van der Waals surface area (Å²) >= 11 is 0. The second-order valence-corrected chi connectivity index (χ2v) is 12.0. The molecule has 1 N–H and O–H groups in total. The Bertz CT molecular complexity index is 1620. The minimum absolute atomic E-state index is 0.0377. The normalized spacial score (nSPS) is 17.1. The molecule has 1 aromatic heterocycles. The summed E-state index contributed by atoms with van der Waals surface area (Å²) < 4.78 is 46.3. The van der Waals surface area contributed by atoms with Gasteiger partial charge in [-0.05, 0) is 53.9 Å². The Morgan fingerprint density at radius 3 is 2.48 bits per heavy atom. The van der Waals surface area contributed by atoms with Gasteiger partial charge in [0.2, 0.25) is 5.82 Å². The number of piperidine rings is 1. The number of nitrogens with zero attached hydrogens (tertiary/aromatic N) is 3. The minimum Gasteiger partial charge on any atom is -0.496 e. The van der Waals surface area contributed by atoms with Crippen LogP contribution in [0.15, 0.2) is 82.2 Å². The summed E-state index contributed by atoms with van der Waals surface area (Å²) in [5.41, 5.74) is 2.52. The van der Waals surface area contributed by atoms with Gasteiger partial charge < -0.3 is 28.7 Å². The Hall–Kier alpha value is -4.42. The number of hydrogen-bond donors (Lipinski definition) is 1. The molecular formula is C30H31N3O8S. The second kappa shape index (κ2) is 12.6. The van der Waals surface area contributed by atoms with E-state index in [2.05, 4.69) is 10.1 Å². The first kappa shape index (κ1) is 29.1. The number of carboxylic acid groups (broad SMARTS) is 1. The van der Waals surface area contributed by atoms with E-state index in [-0.39, 0.29) is 36.7 Å². The molecule has 12 heteroatoms. The molecule has 5 rings (SSSR count). The summed E-state index contributed by atoms with van der Waals surface area (Å²) in [5, 5.41) is 13.6. The molecule has 1 amide bonds. The third-order valence-electron chi connectivity index (χ3n) is 7.13. The van der Waals surface area contributed by atoms with Crippen molar-refractivity contribution in [3.8, 4) is 22.9 Å². The largest absolute Gasteiger partial charge is 0.496 e. The fourth-order valence-corrected chi connectivity index (χ4v) is 5.52. The first-order chi connectivity index (χ1) is 20.2. The molecule has 0 bridgehead atoms. The number of amides is 1. The summed E-state index contributed by atoms with van der Waals surface area (Å²) in [4.78, 5) is 17.7. The quantitative estimate of drug-likeness (QED) is 0.273. The number of rotatable bonds is 10. The molecule has 0 saturated carbocycles. The molecule has 2 unspecified atom stereocenters. The maximum atomic E-state index is 11.7. The summed E-state index contributed by atoms with van der Waals surface area (Å²) in [5.74, 6) is 1.94. The average molecular weight is 594 g/mol. The minimum atomic E-state index is -3.29. The molecule has 1 fully saturated rings. The van der Waals surface area contributed by atoms with Crippen molar-refractivity contribution < 1.29 is 37.1 Å². The van der Waals surface area contributed by atoms with Crippen molar-refractivity contribution in [2.45, 2.75) is 36.6 Å². The molecule has 3 aromatic carbocycles.